The van der Waals surface area contributed by atoms with Gasteiger partial charge in [-0.1, -0.05) is 18.5 Å². The van der Waals surface area contributed by atoms with Gasteiger partial charge in [0.2, 0.25) is 5.91 Å². The van der Waals surface area contributed by atoms with E-state index in [-0.39, 0.29) is 18.3 Å². The Balaban J connectivity index is 0.00000220. The lowest BCUT2D eigenvalue weighted by Crippen LogP contribution is -2.42. The number of hydrogen-bond acceptors (Lipinski definition) is 3. The summed E-state index contributed by atoms with van der Waals surface area (Å²) in [5, 5.41) is 6.95. The van der Waals surface area contributed by atoms with Gasteiger partial charge >= 0.3 is 0 Å². The number of nitrogens with one attached hydrogen (secondary N) is 2. The van der Waals surface area contributed by atoms with Crippen LogP contribution >= 0.6 is 24.0 Å². The maximum atomic E-state index is 12.1. The molecule has 1 atom stereocenters. The Morgan fingerprint density at radius 3 is 2.71 bits per heavy atom. The maximum absolute atomic E-state index is 12.1. The van der Waals surface area contributed by atoms with Crippen molar-refractivity contribution in [2.75, 3.05) is 31.5 Å². The third kappa shape index (κ3) is 5.83. The molecule has 1 aliphatic rings. The van der Waals surface area contributed by atoms with E-state index in [1.165, 1.54) is 0 Å². The minimum Gasteiger partial charge on any atom is -0.325 e. The van der Waals surface area contributed by atoms with E-state index in [1.807, 2.05) is 12.1 Å². The van der Waals surface area contributed by atoms with Crippen LogP contribution in [0.2, 0.25) is 5.02 Å². The van der Waals surface area contributed by atoms with Gasteiger partial charge in [0.15, 0.2) is 0 Å². The molecule has 0 bridgehead atoms. The fourth-order valence-corrected chi connectivity index (χ4v) is 2.67. The highest BCUT2D eigenvalue weighted by Gasteiger charge is 2.23. The molecule has 0 spiro atoms. The first kappa shape index (κ1) is 18.2. The average Bonchev–Trinajstić information content (AvgIpc) is 2.95. The highest BCUT2D eigenvalue weighted by Crippen LogP contribution is 2.14. The lowest BCUT2D eigenvalue weighted by Gasteiger charge is -2.27. The molecule has 1 fully saturated rings. The van der Waals surface area contributed by atoms with E-state index >= 15 is 0 Å². The number of hydrogen-bond donors (Lipinski definition) is 2. The number of rotatable bonds is 6. The van der Waals surface area contributed by atoms with Gasteiger partial charge < -0.3 is 10.6 Å². The zero-order valence-corrected chi connectivity index (χ0v) is 13.8. The van der Waals surface area contributed by atoms with Crippen LogP contribution in [0.3, 0.4) is 0 Å². The summed E-state index contributed by atoms with van der Waals surface area (Å²) in [6, 6.07) is 7.68. The van der Waals surface area contributed by atoms with Crippen molar-refractivity contribution in [1.29, 1.82) is 0 Å². The zero-order chi connectivity index (χ0) is 14.4. The van der Waals surface area contributed by atoms with E-state index in [4.69, 9.17) is 11.6 Å². The Labute approximate surface area is 137 Å². The normalized spacial score (nSPS) is 17.6. The summed E-state index contributed by atoms with van der Waals surface area (Å²) in [4.78, 5) is 14.4. The van der Waals surface area contributed by atoms with Crippen LogP contribution in [0.4, 0.5) is 5.69 Å². The molecule has 1 aliphatic heterocycles. The number of carbonyl (C=O) groups excluding carboxylic acids is 1. The third-order valence-corrected chi connectivity index (χ3v) is 3.79. The number of anilines is 1. The van der Waals surface area contributed by atoms with E-state index in [0.29, 0.717) is 17.6 Å². The summed E-state index contributed by atoms with van der Waals surface area (Å²) in [5.74, 6) is 0.0349. The van der Waals surface area contributed by atoms with Crippen LogP contribution in [0.1, 0.15) is 19.8 Å². The van der Waals surface area contributed by atoms with Crippen molar-refractivity contribution in [2.45, 2.75) is 25.8 Å². The molecule has 6 heteroatoms. The molecule has 0 aliphatic carbocycles. The van der Waals surface area contributed by atoms with E-state index in [1.54, 1.807) is 12.1 Å². The maximum Gasteiger partial charge on any atom is 0.238 e. The molecular formula is C15H23Cl2N3O. The van der Waals surface area contributed by atoms with Crippen molar-refractivity contribution < 1.29 is 4.79 Å². The fourth-order valence-electron chi connectivity index (χ4n) is 2.55. The lowest BCUT2D eigenvalue weighted by atomic mass is 10.2. The van der Waals surface area contributed by atoms with Gasteiger partial charge in [0, 0.05) is 23.3 Å². The van der Waals surface area contributed by atoms with Crippen molar-refractivity contribution in [3.8, 4) is 0 Å². The molecule has 118 valence electrons. The Hall–Kier alpha value is -0.810. The number of amides is 1. The van der Waals surface area contributed by atoms with Crippen LogP contribution in [-0.4, -0.2) is 43.0 Å². The smallest absolute Gasteiger partial charge is 0.238 e. The summed E-state index contributed by atoms with van der Waals surface area (Å²) >= 11 is 5.83. The summed E-state index contributed by atoms with van der Waals surface area (Å²) in [6.45, 7) is 5.58. The molecule has 0 radical (unpaired) electrons. The average molecular weight is 332 g/mol. The zero-order valence-electron chi connectivity index (χ0n) is 12.3. The van der Waals surface area contributed by atoms with Gasteiger partial charge in [-0.05, 0) is 50.2 Å². The largest absolute Gasteiger partial charge is 0.325 e. The van der Waals surface area contributed by atoms with Crippen LogP contribution < -0.4 is 10.6 Å². The second-order valence-electron chi connectivity index (χ2n) is 5.17. The number of benzene rings is 1. The first-order valence-corrected chi connectivity index (χ1v) is 7.57. The van der Waals surface area contributed by atoms with Gasteiger partial charge in [0.25, 0.3) is 0 Å². The van der Waals surface area contributed by atoms with E-state index in [0.717, 1.165) is 38.2 Å². The molecule has 4 nitrogen and oxygen atoms in total. The third-order valence-electron chi connectivity index (χ3n) is 3.54. The quantitative estimate of drug-likeness (QED) is 0.842. The molecule has 1 aromatic carbocycles. The predicted octanol–water partition coefficient (Wildman–Crippen LogP) is 2.77. The van der Waals surface area contributed by atoms with Gasteiger partial charge in [-0.2, -0.15) is 0 Å². The number of halogens is 2. The minimum absolute atomic E-state index is 0. The fraction of sp³-hybridized carbons (Fsp3) is 0.533. The van der Waals surface area contributed by atoms with Crippen LogP contribution in [0.15, 0.2) is 24.3 Å². The molecule has 1 unspecified atom stereocenters. The van der Waals surface area contributed by atoms with Crippen LogP contribution in [0.5, 0.6) is 0 Å². The highest BCUT2D eigenvalue weighted by molar-refractivity contribution is 6.30. The molecule has 1 aromatic rings. The van der Waals surface area contributed by atoms with Gasteiger partial charge in [-0.15, -0.1) is 12.4 Å². The summed E-state index contributed by atoms with van der Waals surface area (Å²) in [7, 11) is 0. The van der Waals surface area contributed by atoms with E-state index < -0.39 is 0 Å². The SMILES string of the molecule is CCCN(CC(=O)Nc1ccc(Cl)cc1)C1CCNC1.Cl. The van der Waals surface area contributed by atoms with Crippen molar-refractivity contribution in [1.82, 2.24) is 10.2 Å². The molecular weight excluding hydrogens is 309 g/mol. The lowest BCUT2D eigenvalue weighted by molar-refractivity contribution is -0.117. The standard InChI is InChI=1S/C15H22ClN3O.ClH/c1-2-9-19(14-7-8-17-10-14)11-15(20)18-13-5-3-12(16)4-6-13;/h3-6,14,17H,2,7-11H2,1H3,(H,18,20);1H. The molecule has 1 heterocycles. The van der Waals surface area contributed by atoms with Crippen molar-refractivity contribution in [3.63, 3.8) is 0 Å². The predicted molar refractivity (Wildman–Crippen MR) is 90.5 cm³/mol. The minimum atomic E-state index is 0. The number of carbonyl (C=O) groups is 1. The number of nitrogens with zero attached hydrogens (tertiary/aromatic N) is 1. The molecule has 1 amide bonds. The monoisotopic (exact) mass is 331 g/mol. The Morgan fingerprint density at radius 2 is 2.14 bits per heavy atom. The van der Waals surface area contributed by atoms with Crippen LogP contribution in [0, 0.1) is 0 Å². The first-order chi connectivity index (χ1) is 9.69. The molecule has 2 rings (SSSR count). The second-order valence-corrected chi connectivity index (χ2v) is 5.61. The van der Waals surface area contributed by atoms with E-state index in [9.17, 15) is 4.79 Å². The Bertz CT molecular complexity index is 433. The molecule has 0 saturated carbocycles. The molecule has 21 heavy (non-hydrogen) atoms. The summed E-state index contributed by atoms with van der Waals surface area (Å²) in [6.07, 6.45) is 2.18. The Morgan fingerprint density at radius 1 is 1.43 bits per heavy atom. The Kier molecular flexibility index (Phi) is 8.04. The molecule has 1 saturated heterocycles. The topological polar surface area (TPSA) is 44.4 Å². The van der Waals surface area contributed by atoms with Gasteiger partial charge in [0.1, 0.15) is 0 Å². The van der Waals surface area contributed by atoms with Crippen molar-refractivity contribution in [2.24, 2.45) is 0 Å². The van der Waals surface area contributed by atoms with Gasteiger partial charge in [-0.3, -0.25) is 9.69 Å². The van der Waals surface area contributed by atoms with Gasteiger partial charge in [-0.25, -0.2) is 0 Å². The van der Waals surface area contributed by atoms with Gasteiger partial charge in [0.05, 0.1) is 6.54 Å². The first-order valence-electron chi connectivity index (χ1n) is 7.19. The molecule has 2 N–H and O–H groups in total. The highest BCUT2D eigenvalue weighted by atomic mass is 35.5. The summed E-state index contributed by atoms with van der Waals surface area (Å²) < 4.78 is 0. The van der Waals surface area contributed by atoms with E-state index in [2.05, 4.69) is 22.5 Å². The van der Waals surface area contributed by atoms with Crippen LogP contribution in [-0.2, 0) is 4.79 Å². The van der Waals surface area contributed by atoms with Crippen LogP contribution in [0.25, 0.3) is 0 Å². The second kappa shape index (κ2) is 9.26. The summed E-state index contributed by atoms with van der Waals surface area (Å²) in [5.41, 5.74) is 0.792. The van der Waals surface area contributed by atoms with Crippen molar-refractivity contribution >= 4 is 35.6 Å². The van der Waals surface area contributed by atoms with Crippen molar-refractivity contribution in [3.05, 3.63) is 29.3 Å². The molecule has 0 aromatic heterocycles.